The Bertz CT molecular complexity index is 463. The number of aliphatic hydroxyl groups is 1. The van der Waals surface area contributed by atoms with E-state index in [9.17, 15) is 0 Å². The first kappa shape index (κ1) is 16.5. The van der Waals surface area contributed by atoms with Crippen LogP contribution in [0.15, 0.2) is 18.2 Å². The number of ether oxygens (including phenoxy) is 2. The zero-order chi connectivity index (χ0) is 14.8. The van der Waals surface area contributed by atoms with Crippen molar-refractivity contribution in [1.82, 2.24) is 4.90 Å². The van der Waals surface area contributed by atoms with Crippen molar-refractivity contribution in [1.29, 1.82) is 0 Å². The molecule has 0 fully saturated rings. The Hall–Kier alpha value is -1.54. The minimum atomic E-state index is -0.129. The van der Waals surface area contributed by atoms with Gasteiger partial charge in [-0.15, -0.1) is 0 Å². The van der Waals surface area contributed by atoms with Gasteiger partial charge in [0.2, 0.25) is 0 Å². The van der Waals surface area contributed by atoms with Crippen LogP contribution in [0, 0.1) is 11.8 Å². The second-order valence-electron chi connectivity index (χ2n) is 4.42. The molecule has 1 N–H and O–H groups in total. The Kier molecular flexibility index (Phi) is 7.74. The van der Waals surface area contributed by atoms with Gasteiger partial charge in [-0.05, 0) is 32.2 Å². The van der Waals surface area contributed by atoms with Crippen LogP contribution in [-0.4, -0.2) is 50.5 Å². The number of hydrogen-bond acceptors (Lipinski definition) is 4. The Labute approximate surface area is 121 Å². The van der Waals surface area contributed by atoms with Crippen LogP contribution in [0.4, 0.5) is 0 Å². The van der Waals surface area contributed by atoms with Crippen molar-refractivity contribution in [2.45, 2.75) is 13.5 Å². The minimum Gasteiger partial charge on any atom is -0.496 e. The molecule has 1 aromatic rings. The van der Waals surface area contributed by atoms with Crippen molar-refractivity contribution in [3.63, 3.8) is 0 Å². The molecule has 1 rings (SSSR count). The molecule has 0 aromatic heterocycles. The second kappa shape index (κ2) is 9.38. The Balaban J connectivity index is 2.74. The monoisotopic (exact) mass is 277 g/mol. The first-order valence-electron chi connectivity index (χ1n) is 6.74. The molecule has 0 atom stereocenters. The van der Waals surface area contributed by atoms with E-state index in [2.05, 4.69) is 16.7 Å². The smallest absolute Gasteiger partial charge is 0.123 e. The quantitative estimate of drug-likeness (QED) is 0.606. The summed E-state index contributed by atoms with van der Waals surface area (Å²) < 4.78 is 10.7. The fourth-order valence-electron chi connectivity index (χ4n) is 1.86. The molecule has 0 saturated heterocycles. The van der Waals surface area contributed by atoms with E-state index in [1.165, 1.54) is 0 Å². The SMILES string of the molecule is CCOCCN(C)Cc1cc(C#CCO)ccc1OC. The summed E-state index contributed by atoms with van der Waals surface area (Å²) in [6, 6.07) is 5.80. The molecule has 110 valence electrons. The highest BCUT2D eigenvalue weighted by Gasteiger charge is 2.07. The molecule has 0 heterocycles. The molecule has 0 aliphatic carbocycles. The highest BCUT2D eigenvalue weighted by molar-refractivity contribution is 5.44. The number of likely N-dealkylation sites (N-methyl/N-ethyl adjacent to an activating group) is 1. The maximum absolute atomic E-state index is 8.74. The second-order valence-corrected chi connectivity index (χ2v) is 4.42. The molecule has 0 aliphatic heterocycles. The van der Waals surface area contributed by atoms with Crippen molar-refractivity contribution in [2.24, 2.45) is 0 Å². The zero-order valence-electron chi connectivity index (χ0n) is 12.5. The van der Waals surface area contributed by atoms with Gasteiger partial charge in [-0.2, -0.15) is 0 Å². The average molecular weight is 277 g/mol. The largest absolute Gasteiger partial charge is 0.496 e. The van der Waals surface area contributed by atoms with Crippen LogP contribution in [0.25, 0.3) is 0 Å². The summed E-state index contributed by atoms with van der Waals surface area (Å²) >= 11 is 0. The van der Waals surface area contributed by atoms with Gasteiger partial charge in [0, 0.05) is 30.8 Å². The average Bonchev–Trinajstić information content (AvgIpc) is 2.45. The van der Waals surface area contributed by atoms with Crippen LogP contribution in [0.2, 0.25) is 0 Å². The number of benzene rings is 1. The highest BCUT2D eigenvalue weighted by atomic mass is 16.5. The highest BCUT2D eigenvalue weighted by Crippen LogP contribution is 2.21. The van der Waals surface area contributed by atoms with Crippen LogP contribution in [0.1, 0.15) is 18.1 Å². The van der Waals surface area contributed by atoms with E-state index in [0.717, 1.165) is 43.2 Å². The topological polar surface area (TPSA) is 41.9 Å². The van der Waals surface area contributed by atoms with Gasteiger partial charge in [0.05, 0.1) is 13.7 Å². The number of aliphatic hydroxyl groups excluding tert-OH is 1. The van der Waals surface area contributed by atoms with Crippen LogP contribution in [-0.2, 0) is 11.3 Å². The normalized spacial score (nSPS) is 10.2. The summed E-state index contributed by atoms with van der Waals surface area (Å²) in [4.78, 5) is 2.18. The molecule has 0 radical (unpaired) electrons. The van der Waals surface area contributed by atoms with Gasteiger partial charge in [0.25, 0.3) is 0 Å². The maximum Gasteiger partial charge on any atom is 0.123 e. The third kappa shape index (κ3) is 5.62. The molecular weight excluding hydrogens is 254 g/mol. The summed E-state index contributed by atoms with van der Waals surface area (Å²) in [5.74, 6) is 6.42. The van der Waals surface area contributed by atoms with Crippen LogP contribution < -0.4 is 4.74 Å². The lowest BCUT2D eigenvalue weighted by molar-refractivity contribution is 0.120. The molecule has 0 unspecified atom stereocenters. The number of hydrogen-bond donors (Lipinski definition) is 1. The fraction of sp³-hybridized carbons (Fsp3) is 0.500. The molecule has 1 aromatic carbocycles. The van der Waals surface area contributed by atoms with Gasteiger partial charge in [0.15, 0.2) is 0 Å². The third-order valence-corrected chi connectivity index (χ3v) is 2.85. The third-order valence-electron chi connectivity index (χ3n) is 2.85. The van der Waals surface area contributed by atoms with E-state index in [1.54, 1.807) is 7.11 Å². The van der Waals surface area contributed by atoms with Crippen molar-refractivity contribution >= 4 is 0 Å². The maximum atomic E-state index is 8.74. The summed E-state index contributed by atoms with van der Waals surface area (Å²) in [6.07, 6.45) is 0. The predicted octanol–water partition coefficient (Wildman–Crippen LogP) is 1.51. The Morgan fingerprint density at radius 2 is 2.15 bits per heavy atom. The van der Waals surface area contributed by atoms with E-state index in [0.29, 0.717) is 0 Å². The lowest BCUT2D eigenvalue weighted by Gasteiger charge is -2.18. The molecule has 0 spiro atoms. The van der Waals surface area contributed by atoms with Crippen molar-refractivity contribution in [3.8, 4) is 17.6 Å². The molecule has 0 amide bonds. The van der Waals surface area contributed by atoms with Crippen LogP contribution >= 0.6 is 0 Å². The first-order chi connectivity index (χ1) is 9.71. The molecule has 20 heavy (non-hydrogen) atoms. The number of rotatable bonds is 7. The van der Waals surface area contributed by atoms with Crippen molar-refractivity contribution in [3.05, 3.63) is 29.3 Å². The predicted molar refractivity (Wildman–Crippen MR) is 79.8 cm³/mol. The summed E-state index contributed by atoms with van der Waals surface area (Å²) in [6.45, 7) is 4.96. The summed E-state index contributed by atoms with van der Waals surface area (Å²) in [7, 11) is 3.71. The van der Waals surface area contributed by atoms with Gasteiger partial charge in [0.1, 0.15) is 12.4 Å². The van der Waals surface area contributed by atoms with E-state index in [1.807, 2.05) is 32.2 Å². The van der Waals surface area contributed by atoms with Gasteiger partial charge in [-0.1, -0.05) is 11.8 Å². The minimum absolute atomic E-state index is 0.129. The van der Waals surface area contributed by atoms with E-state index in [-0.39, 0.29) is 6.61 Å². The van der Waals surface area contributed by atoms with Gasteiger partial charge < -0.3 is 14.6 Å². The van der Waals surface area contributed by atoms with Crippen LogP contribution in [0.3, 0.4) is 0 Å². The molecule has 4 heteroatoms. The number of nitrogens with zero attached hydrogens (tertiary/aromatic N) is 1. The van der Waals surface area contributed by atoms with E-state index < -0.39 is 0 Å². The van der Waals surface area contributed by atoms with Crippen molar-refractivity contribution < 1.29 is 14.6 Å². The lowest BCUT2D eigenvalue weighted by atomic mass is 10.1. The molecule has 4 nitrogen and oxygen atoms in total. The van der Waals surface area contributed by atoms with Gasteiger partial charge >= 0.3 is 0 Å². The standard InChI is InChI=1S/C16H23NO3/c1-4-20-11-9-17(2)13-15-12-14(6-5-10-18)7-8-16(15)19-3/h7-8,12,18H,4,9-11,13H2,1-3H3. The molecule has 0 saturated carbocycles. The van der Waals surface area contributed by atoms with Crippen LogP contribution in [0.5, 0.6) is 5.75 Å². The Morgan fingerprint density at radius 3 is 2.80 bits per heavy atom. The molecule has 0 bridgehead atoms. The Morgan fingerprint density at radius 1 is 1.35 bits per heavy atom. The molecule has 0 aliphatic rings. The fourth-order valence-corrected chi connectivity index (χ4v) is 1.86. The van der Waals surface area contributed by atoms with Gasteiger partial charge in [-0.3, -0.25) is 4.90 Å². The zero-order valence-corrected chi connectivity index (χ0v) is 12.5. The summed E-state index contributed by atoms with van der Waals surface area (Å²) in [5, 5.41) is 8.74. The summed E-state index contributed by atoms with van der Waals surface area (Å²) in [5.41, 5.74) is 1.96. The number of methoxy groups -OCH3 is 1. The van der Waals surface area contributed by atoms with Gasteiger partial charge in [-0.25, -0.2) is 0 Å². The van der Waals surface area contributed by atoms with E-state index >= 15 is 0 Å². The van der Waals surface area contributed by atoms with E-state index in [4.69, 9.17) is 14.6 Å². The first-order valence-corrected chi connectivity index (χ1v) is 6.74. The van der Waals surface area contributed by atoms with Crippen molar-refractivity contribution in [2.75, 3.05) is 40.5 Å². The lowest BCUT2D eigenvalue weighted by Crippen LogP contribution is -2.23. The molecular formula is C16H23NO3.